The minimum Gasteiger partial charge on any atom is -0.484 e. The van der Waals surface area contributed by atoms with E-state index in [-0.39, 0.29) is 24.0 Å². The Morgan fingerprint density at radius 3 is 2.50 bits per heavy atom. The standard InChI is InChI=1S/C18H19N3O5/c1-13(22)14-3-2-4-17(11-14)26-12-18(23)20-10-9-19-15-5-7-16(8-6-15)21(24)25/h2-8,11,19H,9-10,12H2,1H3,(H,20,23). The third-order valence-electron chi connectivity index (χ3n) is 3.46. The monoisotopic (exact) mass is 357 g/mol. The molecular weight excluding hydrogens is 338 g/mol. The molecule has 0 fully saturated rings. The number of non-ortho nitro benzene ring substituents is 1. The van der Waals surface area contributed by atoms with Crippen LogP contribution >= 0.6 is 0 Å². The molecule has 8 heteroatoms. The molecule has 0 radical (unpaired) electrons. The van der Waals surface area contributed by atoms with Gasteiger partial charge in [0.1, 0.15) is 5.75 Å². The lowest BCUT2D eigenvalue weighted by Crippen LogP contribution is -2.32. The Hall–Kier alpha value is -3.42. The number of amides is 1. The predicted octanol–water partition coefficient (Wildman–Crippen LogP) is 2.40. The Kier molecular flexibility index (Phi) is 6.67. The highest BCUT2D eigenvalue weighted by atomic mass is 16.6. The summed E-state index contributed by atoms with van der Waals surface area (Å²) >= 11 is 0. The van der Waals surface area contributed by atoms with Gasteiger partial charge in [-0.1, -0.05) is 12.1 Å². The maximum absolute atomic E-state index is 11.8. The van der Waals surface area contributed by atoms with E-state index in [0.717, 1.165) is 5.69 Å². The molecule has 26 heavy (non-hydrogen) atoms. The zero-order valence-electron chi connectivity index (χ0n) is 14.2. The topological polar surface area (TPSA) is 111 Å². The van der Waals surface area contributed by atoms with Crippen LogP contribution < -0.4 is 15.4 Å². The normalized spacial score (nSPS) is 10.0. The van der Waals surface area contributed by atoms with Crippen LogP contribution in [0.25, 0.3) is 0 Å². The minimum absolute atomic E-state index is 0.0230. The van der Waals surface area contributed by atoms with Gasteiger partial charge in [0.15, 0.2) is 12.4 Å². The smallest absolute Gasteiger partial charge is 0.269 e. The summed E-state index contributed by atoms with van der Waals surface area (Å²) in [4.78, 5) is 33.2. The van der Waals surface area contributed by atoms with Crippen LogP contribution in [0.15, 0.2) is 48.5 Å². The fourth-order valence-electron chi connectivity index (χ4n) is 2.11. The summed E-state index contributed by atoms with van der Waals surface area (Å²) < 4.78 is 5.36. The molecule has 0 saturated carbocycles. The largest absolute Gasteiger partial charge is 0.484 e. The summed E-state index contributed by atoms with van der Waals surface area (Å²) in [6.07, 6.45) is 0. The van der Waals surface area contributed by atoms with E-state index in [2.05, 4.69) is 10.6 Å². The molecule has 1 amide bonds. The van der Waals surface area contributed by atoms with Crippen molar-refractivity contribution < 1.29 is 19.2 Å². The van der Waals surface area contributed by atoms with Gasteiger partial charge in [-0.15, -0.1) is 0 Å². The van der Waals surface area contributed by atoms with Crippen LogP contribution in [0.4, 0.5) is 11.4 Å². The molecule has 0 spiro atoms. The summed E-state index contributed by atoms with van der Waals surface area (Å²) in [6, 6.07) is 12.7. The van der Waals surface area contributed by atoms with Crippen molar-refractivity contribution in [3.05, 3.63) is 64.2 Å². The first-order chi connectivity index (χ1) is 12.5. The fraction of sp³-hybridized carbons (Fsp3) is 0.222. The van der Waals surface area contributed by atoms with Crippen LogP contribution in [-0.2, 0) is 4.79 Å². The number of nitro benzene ring substituents is 1. The highest BCUT2D eigenvalue weighted by molar-refractivity contribution is 5.94. The molecular formula is C18H19N3O5. The Balaban J connectivity index is 1.68. The van der Waals surface area contributed by atoms with E-state index in [1.54, 1.807) is 36.4 Å². The Morgan fingerprint density at radius 2 is 1.85 bits per heavy atom. The lowest BCUT2D eigenvalue weighted by Gasteiger charge is -2.09. The van der Waals surface area contributed by atoms with Gasteiger partial charge < -0.3 is 15.4 Å². The average molecular weight is 357 g/mol. The number of anilines is 1. The first kappa shape index (κ1) is 18.9. The van der Waals surface area contributed by atoms with Crippen LogP contribution in [0.1, 0.15) is 17.3 Å². The summed E-state index contributed by atoms with van der Waals surface area (Å²) in [5.74, 6) is 0.0952. The van der Waals surface area contributed by atoms with E-state index in [9.17, 15) is 19.7 Å². The van der Waals surface area contributed by atoms with Crippen LogP contribution in [0, 0.1) is 10.1 Å². The Labute approximate surface area is 150 Å². The van der Waals surface area contributed by atoms with Crippen molar-refractivity contribution in [1.29, 1.82) is 0 Å². The van der Waals surface area contributed by atoms with Crippen molar-refractivity contribution in [1.82, 2.24) is 5.32 Å². The quantitative estimate of drug-likeness (QED) is 0.309. The number of nitro groups is 1. The number of hydrogen-bond donors (Lipinski definition) is 2. The van der Waals surface area contributed by atoms with Crippen molar-refractivity contribution in [2.45, 2.75) is 6.92 Å². The molecule has 0 aromatic heterocycles. The Bertz CT molecular complexity index is 790. The van der Waals surface area contributed by atoms with Crippen molar-refractivity contribution in [3.8, 4) is 5.75 Å². The lowest BCUT2D eigenvalue weighted by molar-refractivity contribution is -0.384. The van der Waals surface area contributed by atoms with E-state index in [0.29, 0.717) is 24.4 Å². The number of ether oxygens (including phenoxy) is 1. The zero-order valence-corrected chi connectivity index (χ0v) is 14.2. The van der Waals surface area contributed by atoms with Crippen LogP contribution in [-0.4, -0.2) is 36.3 Å². The van der Waals surface area contributed by atoms with Gasteiger partial charge in [-0.2, -0.15) is 0 Å². The van der Waals surface area contributed by atoms with Gasteiger partial charge in [0.25, 0.3) is 11.6 Å². The molecule has 2 aromatic rings. The number of benzene rings is 2. The second kappa shape index (κ2) is 9.16. The SMILES string of the molecule is CC(=O)c1cccc(OCC(=O)NCCNc2ccc([N+](=O)[O-])cc2)c1. The van der Waals surface area contributed by atoms with Gasteiger partial charge in [-0.3, -0.25) is 19.7 Å². The fourth-order valence-corrected chi connectivity index (χ4v) is 2.11. The number of carbonyl (C=O) groups is 2. The van der Waals surface area contributed by atoms with Crippen LogP contribution in [0.5, 0.6) is 5.75 Å². The van der Waals surface area contributed by atoms with Gasteiger partial charge in [-0.25, -0.2) is 0 Å². The first-order valence-electron chi connectivity index (χ1n) is 7.94. The number of ketones is 1. The number of nitrogens with zero attached hydrogens (tertiary/aromatic N) is 1. The number of Topliss-reactive ketones (excluding diaryl/α,β-unsaturated/α-hetero) is 1. The molecule has 2 rings (SSSR count). The number of carbonyl (C=O) groups excluding carboxylic acids is 2. The van der Waals surface area contributed by atoms with E-state index in [1.807, 2.05) is 0 Å². The van der Waals surface area contributed by atoms with E-state index in [4.69, 9.17) is 4.74 Å². The first-order valence-corrected chi connectivity index (χ1v) is 7.94. The molecule has 0 aliphatic carbocycles. The molecule has 8 nitrogen and oxygen atoms in total. The highest BCUT2D eigenvalue weighted by Crippen LogP contribution is 2.15. The number of hydrogen-bond acceptors (Lipinski definition) is 6. The number of rotatable bonds is 9. The third-order valence-corrected chi connectivity index (χ3v) is 3.46. The maximum atomic E-state index is 11.8. The van der Waals surface area contributed by atoms with Gasteiger partial charge >= 0.3 is 0 Å². The maximum Gasteiger partial charge on any atom is 0.269 e. The molecule has 2 N–H and O–H groups in total. The lowest BCUT2D eigenvalue weighted by atomic mass is 10.1. The average Bonchev–Trinajstić information content (AvgIpc) is 2.64. The molecule has 0 atom stereocenters. The van der Waals surface area contributed by atoms with Crippen LogP contribution in [0.2, 0.25) is 0 Å². The van der Waals surface area contributed by atoms with Gasteiger partial charge in [-0.05, 0) is 31.2 Å². The van der Waals surface area contributed by atoms with Crippen molar-refractivity contribution in [2.24, 2.45) is 0 Å². The molecule has 0 unspecified atom stereocenters. The molecule has 0 heterocycles. The van der Waals surface area contributed by atoms with Gasteiger partial charge in [0.2, 0.25) is 0 Å². The van der Waals surface area contributed by atoms with Crippen molar-refractivity contribution >= 4 is 23.1 Å². The summed E-state index contributed by atoms with van der Waals surface area (Å²) in [5, 5.41) is 16.3. The third kappa shape index (κ3) is 5.90. The summed E-state index contributed by atoms with van der Waals surface area (Å²) in [6.45, 7) is 2.14. The summed E-state index contributed by atoms with van der Waals surface area (Å²) in [5.41, 5.74) is 1.27. The second-order valence-electron chi connectivity index (χ2n) is 5.45. The Morgan fingerprint density at radius 1 is 1.12 bits per heavy atom. The molecule has 0 aliphatic rings. The minimum atomic E-state index is -0.462. The zero-order chi connectivity index (χ0) is 18.9. The molecule has 0 saturated heterocycles. The second-order valence-corrected chi connectivity index (χ2v) is 5.45. The van der Waals surface area contributed by atoms with Gasteiger partial charge in [0.05, 0.1) is 4.92 Å². The number of nitrogens with one attached hydrogen (secondary N) is 2. The molecule has 2 aromatic carbocycles. The van der Waals surface area contributed by atoms with E-state index < -0.39 is 4.92 Å². The van der Waals surface area contributed by atoms with Crippen molar-refractivity contribution in [3.63, 3.8) is 0 Å². The van der Waals surface area contributed by atoms with Gasteiger partial charge in [0, 0.05) is 36.5 Å². The van der Waals surface area contributed by atoms with E-state index >= 15 is 0 Å². The molecule has 0 aliphatic heterocycles. The molecule has 0 bridgehead atoms. The summed E-state index contributed by atoms with van der Waals surface area (Å²) in [7, 11) is 0. The van der Waals surface area contributed by atoms with Crippen molar-refractivity contribution in [2.75, 3.05) is 25.0 Å². The highest BCUT2D eigenvalue weighted by Gasteiger charge is 2.06. The molecule has 136 valence electrons. The predicted molar refractivity (Wildman–Crippen MR) is 96.5 cm³/mol. The van der Waals surface area contributed by atoms with E-state index in [1.165, 1.54) is 19.1 Å². The van der Waals surface area contributed by atoms with Crippen LogP contribution in [0.3, 0.4) is 0 Å².